The zero-order valence-electron chi connectivity index (χ0n) is 18.4. The van der Waals surface area contributed by atoms with Crippen LogP contribution in [0.4, 0.5) is 0 Å². The molecule has 0 unspecified atom stereocenters. The third kappa shape index (κ3) is 3.07. The minimum absolute atomic E-state index is 0.0418. The van der Waals surface area contributed by atoms with E-state index in [1.54, 1.807) is 7.05 Å². The van der Waals surface area contributed by atoms with Crippen molar-refractivity contribution in [2.45, 2.75) is 44.6 Å². The van der Waals surface area contributed by atoms with Gasteiger partial charge in [-0.05, 0) is 35.1 Å². The van der Waals surface area contributed by atoms with Crippen molar-refractivity contribution < 1.29 is 4.79 Å². The van der Waals surface area contributed by atoms with Crippen LogP contribution in [0.2, 0.25) is 0 Å². The Labute approximate surface area is 177 Å². The summed E-state index contributed by atoms with van der Waals surface area (Å²) in [6.07, 6.45) is 1.83. The van der Waals surface area contributed by atoms with Crippen LogP contribution in [0.25, 0.3) is 10.9 Å². The second-order valence-corrected chi connectivity index (χ2v) is 9.42. The summed E-state index contributed by atoms with van der Waals surface area (Å²) in [5, 5.41) is 17.0. The van der Waals surface area contributed by atoms with Crippen LogP contribution in [-0.2, 0) is 22.8 Å². The Bertz CT molecular complexity index is 1140. The molecule has 0 aliphatic carbocycles. The van der Waals surface area contributed by atoms with Gasteiger partial charge in [-0.2, -0.15) is 5.10 Å². The summed E-state index contributed by atoms with van der Waals surface area (Å²) in [7, 11) is 3.56. The average molecular weight is 404 g/mol. The van der Waals surface area contributed by atoms with Gasteiger partial charge >= 0.3 is 0 Å². The number of rotatable bonds is 2. The van der Waals surface area contributed by atoms with Gasteiger partial charge in [0.1, 0.15) is 0 Å². The molecule has 1 aromatic heterocycles. The van der Waals surface area contributed by atoms with E-state index in [2.05, 4.69) is 61.5 Å². The van der Waals surface area contributed by atoms with Gasteiger partial charge in [0.05, 0.1) is 23.2 Å². The van der Waals surface area contributed by atoms with E-state index < -0.39 is 11.5 Å². The van der Waals surface area contributed by atoms with Crippen LogP contribution < -0.4 is 5.32 Å². The molecular weight excluding hydrogens is 374 g/mol. The van der Waals surface area contributed by atoms with E-state index >= 15 is 0 Å². The summed E-state index contributed by atoms with van der Waals surface area (Å²) < 4.78 is 1.83. The molecule has 2 aromatic carbocycles. The largest absolute Gasteiger partial charge is 0.346 e. The van der Waals surface area contributed by atoms with E-state index in [1.165, 1.54) is 10.5 Å². The zero-order valence-corrected chi connectivity index (χ0v) is 18.4. The number of hydrogen-bond acceptors (Lipinski definition) is 3. The molecule has 1 fully saturated rings. The average Bonchev–Trinajstić information content (AvgIpc) is 3.06. The molecule has 0 saturated carbocycles. The minimum Gasteiger partial charge on any atom is -0.346 e. The zero-order chi connectivity index (χ0) is 21.8. The molecule has 156 valence electrons. The van der Waals surface area contributed by atoms with Crippen LogP contribution in [0, 0.1) is 5.41 Å². The molecule has 3 aromatic rings. The van der Waals surface area contributed by atoms with E-state index in [1.807, 2.05) is 37.0 Å². The molecule has 2 heterocycles. The Morgan fingerprint density at radius 2 is 1.77 bits per heavy atom. The van der Waals surface area contributed by atoms with Crippen molar-refractivity contribution in [3.63, 3.8) is 0 Å². The monoisotopic (exact) mass is 403 g/mol. The van der Waals surface area contributed by atoms with Gasteiger partial charge in [0, 0.05) is 19.5 Å². The second kappa shape index (κ2) is 6.69. The van der Waals surface area contributed by atoms with Crippen LogP contribution in [0.15, 0.2) is 48.7 Å². The van der Waals surface area contributed by atoms with Crippen molar-refractivity contribution in [2.75, 3.05) is 7.05 Å². The molecule has 0 bridgehead atoms. The fourth-order valence-electron chi connectivity index (χ4n) is 4.31. The molecule has 1 aliphatic heterocycles. The highest BCUT2D eigenvalue weighted by atomic mass is 16.2. The maximum atomic E-state index is 13.4. The third-order valence-electron chi connectivity index (χ3n) is 6.33. The lowest BCUT2D eigenvalue weighted by atomic mass is 9.73. The van der Waals surface area contributed by atoms with Gasteiger partial charge in [-0.3, -0.25) is 19.8 Å². The quantitative estimate of drug-likeness (QED) is 0.682. The van der Waals surface area contributed by atoms with Crippen LogP contribution >= 0.6 is 0 Å². The molecule has 6 nitrogen and oxygen atoms in total. The highest BCUT2D eigenvalue weighted by Gasteiger charge is 2.48. The molecule has 0 radical (unpaired) electrons. The van der Waals surface area contributed by atoms with Crippen LogP contribution in [-0.4, -0.2) is 33.6 Å². The lowest BCUT2D eigenvalue weighted by Crippen LogP contribution is -2.62. The van der Waals surface area contributed by atoms with Crippen molar-refractivity contribution in [2.24, 2.45) is 7.05 Å². The summed E-state index contributed by atoms with van der Waals surface area (Å²) >= 11 is 0. The highest BCUT2D eigenvalue weighted by molar-refractivity contribution is 6.02. The van der Waals surface area contributed by atoms with Gasteiger partial charge in [0.2, 0.25) is 5.91 Å². The molecule has 1 saturated heterocycles. The molecule has 2 atom stereocenters. The number of likely N-dealkylation sites (N-methyl/N-ethyl adjacent to an activating group) is 1. The number of carbonyl (C=O) groups excluding carboxylic acids is 1. The first-order chi connectivity index (χ1) is 14.0. The maximum absolute atomic E-state index is 13.4. The van der Waals surface area contributed by atoms with Gasteiger partial charge < -0.3 is 5.32 Å². The molecular formula is C24H29N5O. The predicted octanol–water partition coefficient (Wildman–Crippen LogP) is 3.87. The third-order valence-corrected chi connectivity index (χ3v) is 6.33. The SMILES string of the molecule is CN1C(=N)N[C@](C)(c2ccc3cnn(C)c3c2)[C@H](c2ccc(C(C)(C)C)cc2)C1=O. The van der Waals surface area contributed by atoms with E-state index in [4.69, 9.17) is 5.41 Å². The summed E-state index contributed by atoms with van der Waals surface area (Å²) in [6.45, 7) is 8.54. The number of fused-ring (bicyclic) bond motifs is 1. The second-order valence-electron chi connectivity index (χ2n) is 9.42. The molecule has 1 aliphatic rings. The Hall–Kier alpha value is -3.15. The number of aromatic nitrogens is 2. The topological polar surface area (TPSA) is 74.0 Å². The van der Waals surface area contributed by atoms with E-state index in [9.17, 15) is 4.79 Å². The fourth-order valence-corrected chi connectivity index (χ4v) is 4.31. The van der Waals surface area contributed by atoms with Crippen LogP contribution in [0.1, 0.15) is 50.3 Å². The van der Waals surface area contributed by atoms with E-state index in [0.717, 1.165) is 22.0 Å². The predicted molar refractivity (Wildman–Crippen MR) is 120 cm³/mol. The molecule has 6 heteroatoms. The Morgan fingerprint density at radius 3 is 2.40 bits per heavy atom. The van der Waals surface area contributed by atoms with Crippen molar-refractivity contribution in [1.82, 2.24) is 20.0 Å². The maximum Gasteiger partial charge on any atom is 0.239 e. The van der Waals surface area contributed by atoms with Gasteiger partial charge in [0.25, 0.3) is 0 Å². The Balaban J connectivity index is 1.86. The number of hydrogen-bond donors (Lipinski definition) is 2. The van der Waals surface area contributed by atoms with Crippen molar-refractivity contribution >= 4 is 22.8 Å². The standard InChI is InChI=1S/C24H29N5O/c1-23(2,3)17-10-7-15(8-11-17)20-21(30)28(5)22(25)27-24(20,4)18-12-9-16-14-26-29(6)19(16)13-18/h7-14,20H,1-6H3,(H2,25,27)/t20-,24-/m1/s1. The highest BCUT2D eigenvalue weighted by Crippen LogP contribution is 2.42. The fraction of sp³-hybridized carbons (Fsp3) is 0.375. The minimum atomic E-state index is -0.762. The number of amides is 1. The number of nitrogens with zero attached hydrogens (tertiary/aromatic N) is 3. The first-order valence-electron chi connectivity index (χ1n) is 10.2. The number of benzene rings is 2. The van der Waals surface area contributed by atoms with Gasteiger partial charge in [-0.1, -0.05) is 57.2 Å². The number of aryl methyl sites for hydroxylation is 1. The molecule has 30 heavy (non-hydrogen) atoms. The van der Waals surface area contributed by atoms with Gasteiger partial charge in [0.15, 0.2) is 5.96 Å². The number of nitrogens with one attached hydrogen (secondary N) is 2. The summed E-state index contributed by atoms with van der Waals surface area (Å²) in [6, 6.07) is 14.4. The van der Waals surface area contributed by atoms with Crippen molar-refractivity contribution in [3.05, 3.63) is 65.4 Å². The summed E-state index contributed by atoms with van der Waals surface area (Å²) in [5.41, 5.74) is 3.39. The molecule has 1 amide bonds. The van der Waals surface area contributed by atoms with Gasteiger partial charge in [-0.15, -0.1) is 0 Å². The lowest BCUT2D eigenvalue weighted by molar-refractivity contribution is -0.131. The first-order valence-corrected chi connectivity index (χ1v) is 10.2. The smallest absolute Gasteiger partial charge is 0.239 e. The van der Waals surface area contributed by atoms with E-state index in [-0.39, 0.29) is 17.3 Å². The normalized spacial score (nSPS) is 22.5. The number of guanidine groups is 1. The van der Waals surface area contributed by atoms with Crippen molar-refractivity contribution in [3.8, 4) is 0 Å². The van der Waals surface area contributed by atoms with Crippen LogP contribution in [0.3, 0.4) is 0 Å². The Morgan fingerprint density at radius 1 is 1.10 bits per heavy atom. The first kappa shape index (κ1) is 20.1. The van der Waals surface area contributed by atoms with Gasteiger partial charge in [-0.25, -0.2) is 0 Å². The van der Waals surface area contributed by atoms with E-state index in [0.29, 0.717) is 0 Å². The van der Waals surface area contributed by atoms with Crippen molar-refractivity contribution in [1.29, 1.82) is 5.41 Å². The Kier molecular flexibility index (Phi) is 4.49. The molecule has 2 N–H and O–H groups in total. The lowest BCUT2D eigenvalue weighted by Gasteiger charge is -2.46. The summed E-state index contributed by atoms with van der Waals surface area (Å²) in [5.74, 6) is -0.443. The summed E-state index contributed by atoms with van der Waals surface area (Å²) in [4.78, 5) is 14.8. The number of carbonyl (C=O) groups is 1. The molecule has 4 rings (SSSR count). The molecule has 0 spiro atoms. The van der Waals surface area contributed by atoms with Crippen LogP contribution in [0.5, 0.6) is 0 Å².